The number of anilines is 1. The summed E-state index contributed by atoms with van der Waals surface area (Å²) in [4.78, 5) is 37.3. The molecule has 2 aromatic heterocycles. The summed E-state index contributed by atoms with van der Waals surface area (Å²) in [5.74, 6) is 0. The SMILES string of the molecule is CC(C)n1cnc2cc(N3CCN(CCn4cccnc4=O)CC3)ccc2c1=O. The van der Waals surface area contributed by atoms with Crippen molar-refractivity contribution < 1.29 is 0 Å². The van der Waals surface area contributed by atoms with Gasteiger partial charge in [-0.25, -0.2) is 14.8 Å². The highest BCUT2D eigenvalue weighted by Gasteiger charge is 2.18. The summed E-state index contributed by atoms with van der Waals surface area (Å²) in [6, 6.07) is 7.78. The molecule has 8 nitrogen and oxygen atoms in total. The Hall–Kier alpha value is -3.00. The van der Waals surface area contributed by atoms with Crippen molar-refractivity contribution >= 4 is 16.6 Å². The fourth-order valence-electron chi connectivity index (χ4n) is 3.72. The van der Waals surface area contributed by atoms with Gasteiger partial charge in [0.15, 0.2) is 0 Å². The van der Waals surface area contributed by atoms with Crippen LogP contribution >= 0.6 is 0 Å². The van der Waals surface area contributed by atoms with Gasteiger partial charge < -0.3 is 4.90 Å². The lowest BCUT2D eigenvalue weighted by Crippen LogP contribution is -2.47. The van der Waals surface area contributed by atoms with Crippen LogP contribution in [-0.4, -0.2) is 56.7 Å². The number of fused-ring (bicyclic) bond motifs is 1. The second-order valence-electron chi connectivity index (χ2n) is 7.68. The average molecular weight is 394 g/mol. The minimum atomic E-state index is -0.202. The Morgan fingerprint density at radius 1 is 1.03 bits per heavy atom. The molecule has 8 heteroatoms. The van der Waals surface area contributed by atoms with Crippen LogP contribution in [-0.2, 0) is 6.54 Å². The molecular weight excluding hydrogens is 368 g/mol. The summed E-state index contributed by atoms with van der Waals surface area (Å²) in [6.45, 7) is 9.08. The van der Waals surface area contributed by atoms with Crippen molar-refractivity contribution in [1.29, 1.82) is 0 Å². The molecule has 29 heavy (non-hydrogen) atoms. The highest BCUT2D eigenvalue weighted by Crippen LogP contribution is 2.20. The van der Waals surface area contributed by atoms with Crippen LogP contribution in [0.15, 0.2) is 52.6 Å². The molecule has 0 spiro atoms. The Kier molecular flexibility index (Phi) is 5.44. The lowest BCUT2D eigenvalue weighted by atomic mass is 10.2. The standard InChI is InChI=1S/C21H26N6O2/c1-16(2)27-15-23-19-14-17(4-5-18(19)20(27)28)25-11-8-24(9-12-25)10-13-26-7-3-6-22-21(26)29/h3-7,14-16H,8-13H2,1-2H3. The van der Waals surface area contributed by atoms with Gasteiger partial charge in [-0.2, -0.15) is 0 Å². The van der Waals surface area contributed by atoms with Gasteiger partial charge in [0.05, 0.1) is 17.2 Å². The van der Waals surface area contributed by atoms with E-state index in [1.54, 1.807) is 27.7 Å². The molecule has 0 saturated carbocycles. The van der Waals surface area contributed by atoms with Crippen molar-refractivity contribution in [3.8, 4) is 0 Å². The van der Waals surface area contributed by atoms with Gasteiger partial charge in [-0.15, -0.1) is 0 Å². The smallest absolute Gasteiger partial charge is 0.347 e. The molecule has 0 unspecified atom stereocenters. The van der Waals surface area contributed by atoms with E-state index in [-0.39, 0.29) is 17.3 Å². The van der Waals surface area contributed by atoms with E-state index in [9.17, 15) is 9.59 Å². The number of hydrogen-bond acceptors (Lipinski definition) is 6. The number of rotatable bonds is 5. The van der Waals surface area contributed by atoms with Crippen LogP contribution in [0.3, 0.4) is 0 Å². The van der Waals surface area contributed by atoms with Gasteiger partial charge in [-0.1, -0.05) is 0 Å². The fourth-order valence-corrected chi connectivity index (χ4v) is 3.72. The summed E-state index contributed by atoms with van der Waals surface area (Å²) in [5.41, 5.74) is 1.64. The number of piperazine rings is 1. The zero-order valence-electron chi connectivity index (χ0n) is 16.9. The molecular formula is C21H26N6O2. The van der Waals surface area contributed by atoms with Gasteiger partial charge in [-0.3, -0.25) is 18.8 Å². The maximum Gasteiger partial charge on any atom is 0.347 e. The van der Waals surface area contributed by atoms with Crippen LogP contribution in [0.5, 0.6) is 0 Å². The first kappa shape index (κ1) is 19.3. The Morgan fingerprint density at radius 2 is 1.83 bits per heavy atom. The minimum Gasteiger partial charge on any atom is -0.369 e. The monoisotopic (exact) mass is 394 g/mol. The maximum atomic E-state index is 12.6. The summed E-state index contributed by atoms with van der Waals surface area (Å²) in [6.07, 6.45) is 4.94. The Labute approximate surface area is 169 Å². The lowest BCUT2D eigenvalue weighted by molar-refractivity contribution is 0.246. The molecule has 3 heterocycles. The van der Waals surface area contributed by atoms with Crippen LogP contribution in [0.2, 0.25) is 0 Å². The Morgan fingerprint density at radius 3 is 2.55 bits per heavy atom. The molecule has 0 N–H and O–H groups in total. The number of aromatic nitrogens is 4. The predicted octanol–water partition coefficient (Wildman–Crippen LogP) is 1.36. The minimum absolute atomic E-state index is 0.00649. The predicted molar refractivity (Wildman–Crippen MR) is 114 cm³/mol. The topological polar surface area (TPSA) is 76.3 Å². The molecule has 0 bridgehead atoms. The summed E-state index contributed by atoms with van der Waals surface area (Å²) < 4.78 is 3.31. The molecule has 1 fully saturated rings. The van der Waals surface area contributed by atoms with Gasteiger partial charge in [0, 0.05) is 63.4 Å². The van der Waals surface area contributed by atoms with Gasteiger partial charge in [0.2, 0.25) is 0 Å². The molecule has 152 valence electrons. The average Bonchev–Trinajstić information content (AvgIpc) is 2.73. The highest BCUT2D eigenvalue weighted by molar-refractivity contribution is 5.81. The van der Waals surface area contributed by atoms with Crippen LogP contribution in [0.1, 0.15) is 19.9 Å². The summed E-state index contributed by atoms with van der Waals surface area (Å²) in [7, 11) is 0. The molecule has 4 rings (SSSR count). The van der Waals surface area contributed by atoms with Crippen molar-refractivity contribution in [2.24, 2.45) is 0 Å². The van der Waals surface area contributed by atoms with Crippen LogP contribution in [0.25, 0.3) is 10.9 Å². The molecule has 3 aromatic rings. The van der Waals surface area contributed by atoms with Crippen molar-refractivity contribution in [2.45, 2.75) is 26.4 Å². The van der Waals surface area contributed by atoms with Crippen molar-refractivity contribution in [1.82, 2.24) is 24.0 Å². The molecule has 0 aliphatic carbocycles. The van der Waals surface area contributed by atoms with E-state index in [1.165, 1.54) is 6.20 Å². The third kappa shape index (κ3) is 4.07. The molecule has 0 radical (unpaired) electrons. The van der Waals surface area contributed by atoms with Crippen LogP contribution in [0, 0.1) is 0 Å². The van der Waals surface area contributed by atoms with Crippen LogP contribution in [0.4, 0.5) is 5.69 Å². The van der Waals surface area contributed by atoms with Crippen molar-refractivity contribution in [3.05, 3.63) is 63.8 Å². The fraction of sp³-hybridized carbons (Fsp3) is 0.429. The second-order valence-corrected chi connectivity index (χ2v) is 7.68. The van der Waals surface area contributed by atoms with Gasteiger partial charge in [-0.05, 0) is 38.1 Å². The molecule has 0 atom stereocenters. The quantitative estimate of drug-likeness (QED) is 0.650. The van der Waals surface area contributed by atoms with E-state index in [1.807, 2.05) is 32.0 Å². The third-order valence-corrected chi connectivity index (χ3v) is 5.50. The molecule has 1 aliphatic heterocycles. The lowest BCUT2D eigenvalue weighted by Gasteiger charge is -2.36. The summed E-state index contributed by atoms with van der Waals surface area (Å²) in [5, 5.41) is 0.658. The normalized spacial score (nSPS) is 15.3. The Balaban J connectivity index is 1.41. The first-order chi connectivity index (χ1) is 14.0. The van der Waals surface area contributed by atoms with E-state index in [2.05, 4.69) is 19.8 Å². The maximum absolute atomic E-state index is 12.6. The number of hydrogen-bond donors (Lipinski definition) is 0. The molecule has 0 amide bonds. The van der Waals surface area contributed by atoms with Crippen molar-refractivity contribution in [2.75, 3.05) is 37.6 Å². The zero-order valence-corrected chi connectivity index (χ0v) is 16.9. The zero-order chi connectivity index (χ0) is 20.4. The van der Waals surface area contributed by atoms with Gasteiger partial charge in [0.1, 0.15) is 0 Å². The molecule has 1 saturated heterocycles. The third-order valence-electron chi connectivity index (χ3n) is 5.50. The van der Waals surface area contributed by atoms with E-state index in [0.29, 0.717) is 11.9 Å². The Bertz CT molecular complexity index is 1110. The van der Waals surface area contributed by atoms with E-state index < -0.39 is 0 Å². The van der Waals surface area contributed by atoms with Gasteiger partial charge >= 0.3 is 5.69 Å². The molecule has 1 aromatic carbocycles. The van der Waals surface area contributed by atoms with Crippen molar-refractivity contribution in [3.63, 3.8) is 0 Å². The highest BCUT2D eigenvalue weighted by atomic mass is 16.1. The van der Waals surface area contributed by atoms with E-state index in [0.717, 1.165) is 43.9 Å². The van der Waals surface area contributed by atoms with E-state index >= 15 is 0 Å². The number of benzene rings is 1. The second kappa shape index (κ2) is 8.16. The van der Waals surface area contributed by atoms with Gasteiger partial charge in [0.25, 0.3) is 5.56 Å². The summed E-state index contributed by atoms with van der Waals surface area (Å²) >= 11 is 0. The number of nitrogens with zero attached hydrogens (tertiary/aromatic N) is 6. The van der Waals surface area contributed by atoms with E-state index in [4.69, 9.17) is 0 Å². The molecule has 1 aliphatic rings. The first-order valence-electron chi connectivity index (χ1n) is 10.0. The largest absolute Gasteiger partial charge is 0.369 e. The van der Waals surface area contributed by atoms with Crippen LogP contribution < -0.4 is 16.1 Å². The first-order valence-corrected chi connectivity index (χ1v) is 10.0.